The maximum atomic E-state index is 6.49. The van der Waals surface area contributed by atoms with Crippen LogP contribution in [0.25, 0.3) is 44.5 Å². The molecule has 0 radical (unpaired) electrons. The fraction of sp³-hybridized carbons (Fsp3) is 0.171. The Hall–Kier alpha value is -5.02. The van der Waals surface area contributed by atoms with Crippen molar-refractivity contribution in [1.82, 2.24) is 4.98 Å². The Kier molecular flexibility index (Phi) is 5.21. The van der Waals surface area contributed by atoms with Gasteiger partial charge in [0.15, 0.2) is 11.8 Å². The van der Waals surface area contributed by atoms with Gasteiger partial charge in [0, 0.05) is 39.9 Å². The number of aromatic nitrogens is 2. The molecule has 212 valence electrons. The predicted octanol–water partition coefficient (Wildman–Crippen LogP) is 9.36. The Bertz CT molecular complexity index is 2360. The van der Waals surface area contributed by atoms with Crippen LogP contribution in [0.2, 0.25) is 0 Å². The number of benzene rings is 4. The van der Waals surface area contributed by atoms with E-state index in [0.717, 1.165) is 33.3 Å². The van der Waals surface area contributed by atoms with E-state index in [0.29, 0.717) is 5.71 Å². The molecule has 4 aromatic carbocycles. The summed E-state index contributed by atoms with van der Waals surface area (Å²) in [6, 6.07) is 34.2. The monoisotopic (exact) mass is 569 g/mol. The molecule has 0 saturated carbocycles. The van der Waals surface area contributed by atoms with Gasteiger partial charge >= 0.3 is 0 Å². The molecule has 0 spiro atoms. The normalized spacial score (nSPS) is 16.3. The molecule has 2 unspecified atom stereocenters. The van der Waals surface area contributed by atoms with Crippen LogP contribution < -0.4 is 4.57 Å². The molecule has 0 N–H and O–H groups in total. The van der Waals surface area contributed by atoms with Gasteiger partial charge in [0.1, 0.15) is 7.05 Å². The van der Waals surface area contributed by atoms with Crippen LogP contribution in [-0.4, -0.2) is 4.98 Å². The molecule has 44 heavy (non-hydrogen) atoms. The third kappa shape index (κ3) is 3.44. The number of pyridine rings is 2. The summed E-state index contributed by atoms with van der Waals surface area (Å²) in [5, 5.41) is 2.16. The molecule has 3 aromatic heterocycles. The number of nitrogens with zero attached hydrogens (tertiary/aromatic N) is 2. The van der Waals surface area contributed by atoms with E-state index in [2.05, 4.69) is 130 Å². The van der Waals surface area contributed by atoms with E-state index < -0.39 is 0 Å². The van der Waals surface area contributed by atoms with Crippen molar-refractivity contribution in [2.75, 3.05) is 0 Å². The number of furan rings is 1. The second-order valence-corrected chi connectivity index (χ2v) is 12.9. The highest BCUT2D eigenvalue weighted by Gasteiger charge is 2.41. The first-order chi connectivity index (χ1) is 21.4. The summed E-state index contributed by atoms with van der Waals surface area (Å²) >= 11 is 0. The van der Waals surface area contributed by atoms with Crippen LogP contribution in [0.4, 0.5) is 0 Å². The summed E-state index contributed by atoms with van der Waals surface area (Å²) in [4.78, 5) is 4.70. The van der Waals surface area contributed by atoms with Crippen molar-refractivity contribution in [3.63, 3.8) is 0 Å². The minimum absolute atomic E-state index is 0.254. The van der Waals surface area contributed by atoms with Crippen molar-refractivity contribution in [3.05, 3.63) is 153 Å². The zero-order valence-electron chi connectivity index (χ0n) is 25.7. The molecule has 0 aliphatic heterocycles. The molecular formula is C41H33N2O+. The smallest absolute Gasteiger partial charge is 0.227 e. The minimum Gasteiger partial charge on any atom is -0.437 e. The van der Waals surface area contributed by atoms with E-state index in [1.165, 1.54) is 61.2 Å². The molecule has 3 heteroatoms. The molecule has 0 amide bonds. The van der Waals surface area contributed by atoms with Crippen LogP contribution in [-0.2, 0) is 7.05 Å². The molecule has 10 rings (SSSR count). The van der Waals surface area contributed by atoms with Crippen LogP contribution in [0.3, 0.4) is 0 Å². The summed E-state index contributed by atoms with van der Waals surface area (Å²) in [6.45, 7) is 8.61. The van der Waals surface area contributed by atoms with Crippen LogP contribution in [0, 0.1) is 27.7 Å². The van der Waals surface area contributed by atoms with Gasteiger partial charge in [-0.05, 0) is 96.0 Å². The highest BCUT2D eigenvalue weighted by molar-refractivity contribution is 6.09. The first-order valence-electron chi connectivity index (χ1n) is 15.5. The Morgan fingerprint density at radius 2 is 1.32 bits per heavy atom. The lowest BCUT2D eigenvalue weighted by Crippen LogP contribution is -2.31. The number of hydrogen-bond donors (Lipinski definition) is 0. The standard InChI is InChI=1S/C41H33N2O/c1-22-10-14-29-34(18-22)38-27-8-6-7-9-28(27)39(29)35-19-26(13-17-30(35)38)33-20-36(43(5)21-24(33)3)37-23(2)11-15-31-32-16-12-25(4)42-41(32)44-40(31)37/h6-21,38-39H,1-5H3/q+1. The van der Waals surface area contributed by atoms with E-state index in [4.69, 9.17) is 9.40 Å². The van der Waals surface area contributed by atoms with Gasteiger partial charge in [0.2, 0.25) is 11.4 Å². The molecule has 7 aromatic rings. The largest absolute Gasteiger partial charge is 0.437 e. The Balaban J connectivity index is 1.24. The van der Waals surface area contributed by atoms with Crippen molar-refractivity contribution in [2.45, 2.75) is 39.5 Å². The molecule has 0 fully saturated rings. The lowest BCUT2D eigenvalue weighted by Gasteiger charge is -2.42. The first kappa shape index (κ1) is 25.5. The molecule has 0 saturated heterocycles. The molecule has 2 atom stereocenters. The van der Waals surface area contributed by atoms with Crippen molar-refractivity contribution in [2.24, 2.45) is 7.05 Å². The van der Waals surface area contributed by atoms with Gasteiger partial charge in [0.05, 0.1) is 5.56 Å². The zero-order valence-corrected chi connectivity index (χ0v) is 25.7. The van der Waals surface area contributed by atoms with Gasteiger partial charge in [-0.2, -0.15) is 0 Å². The Morgan fingerprint density at radius 3 is 2.09 bits per heavy atom. The summed E-state index contributed by atoms with van der Waals surface area (Å²) in [5.41, 5.74) is 19.8. The lowest BCUT2D eigenvalue weighted by atomic mass is 9.60. The van der Waals surface area contributed by atoms with Gasteiger partial charge in [-0.15, -0.1) is 0 Å². The average molecular weight is 570 g/mol. The molecule has 3 nitrogen and oxygen atoms in total. The van der Waals surface area contributed by atoms with Crippen LogP contribution in [0.1, 0.15) is 67.6 Å². The number of aryl methyl sites for hydroxylation is 5. The molecule has 2 bridgehead atoms. The van der Waals surface area contributed by atoms with Crippen LogP contribution in [0.15, 0.2) is 102 Å². The second-order valence-electron chi connectivity index (χ2n) is 12.9. The van der Waals surface area contributed by atoms with Crippen molar-refractivity contribution in [1.29, 1.82) is 0 Å². The molecule has 3 aliphatic carbocycles. The van der Waals surface area contributed by atoms with Gasteiger partial charge in [-0.1, -0.05) is 72.3 Å². The Labute approximate surface area is 257 Å². The fourth-order valence-corrected chi connectivity index (χ4v) is 8.08. The highest BCUT2D eigenvalue weighted by atomic mass is 16.3. The summed E-state index contributed by atoms with van der Waals surface area (Å²) in [5.74, 6) is 0.537. The van der Waals surface area contributed by atoms with Crippen LogP contribution >= 0.6 is 0 Å². The third-order valence-corrected chi connectivity index (χ3v) is 10.1. The highest BCUT2D eigenvalue weighted by Crippen LogP contribution is 2.56. The third-order valence-electron chi connectivity index (χ3n) is 10.1. The zero-order chi connectivity index (χ0) is 29.9. The topological polar surface area (TPSA) is 29.9 Å². The van der Waals surface area contributed by atoms with E-state index in [1.54, 1.807) is 0 Å². The fourth-order valence-electron chi connectivity index (χ4n) is 8.08. The molecule has 3 aliphatic rings. The van der Waals surface area contributed by atoms with Gasteiger partial charge in [-0.3, -0.25) is 0 Å². The number of hydrogen-bond acceptors (Lipinski definition) is 2. The number of fused-ring (bicyclic) bond motifs is 3. The second kappa shape index (κ2) is 9.00. The van der Waals surface area contributed by atoms with Gasteiger partial charge in [-0.25, -0.2) is 9.55 Å². The molecule has 3 heterocycles. The van der Waals surface area contributed by atoms with Gasteiger partial charge in [0.25, 0.3) is 0 Å². The van der Waals surface area contributed by atoms with E-state index in [-0.39, 0.29) is 11.8 Å². The van der Waals surface area contributed by atoms with Crippen molar-refractivity contribution in [3.8, 4) is 22.4 Å². The minimum atomic E-state index is 0.254. The number of rotatable bonds is 2. The maximum absolute atomic E-state index is 6.49. The maximum Gasteiger partial charge on any atom is 0.227 e. The quantitative estimate of drug-likeness (QED) is 0.194. The van der Waals surface area contributed by atoms with E-state index in [9.17, 15) is 0 Å². The van der Waals surface area contributed by atoms with Crippen molar-refractivity contribution < 1.29 is 8.98 Å². The Morgan fingerprint density at radius 1 is 0.636 bits per heavy atom. The average Bonchev–Trinajstić information content (AvgIpc) is 3.38. The molecular weight excluding hydrogens is 536 g/mol. The van der Waals surface area contributed by atoms with E-state index >= 15 is 0 Å². The first-order valence-corrected chi connectivity index (χ1v) is 15.5. The predicted molar refractivity (Wildman–Crippen MR) is 177 cm³/mol. The van der Waals surface area contributed by atoms with E-state index in [1.807, 2.05) is 6.92 Å². The summed E-state index contributed by atoms with van der Waals surface area (Å²) in [6.07, 6.45) is 2.26. The lowest BCUT2D eigenvalue weighted by molar-refractivity contribution is -0.660. The summed E-state index contributed by atoms with van der Waals surface area (Å²) in [7, 11) is 2.14. The summed E-state index contributed by atoms with van der Waals surface area (Å²) < 4.78 is 8.73. The van der Waals surface area contributed by atoms with Crippen molar-refractivity contribution >= 4 is 22.1 Å². The van der Waals surface area contributed by atoms with Gasteiger partial charge < -0.3 is 4.42 Å². The van der Waals surface area contributed by atoms with Crippen LogP contribution in [0.5, 0.6) is 0 Å². The SMILES string of the molecule is Cc1ccc2c(c1)C1c3ccccc3C2c2cc(-c3cc(-c4c(C)ccc5c4oc4nc(C)ccc45)[n+](C)cc3C)ccc21.